The second kappa shape index (κ2) is 7.85. The average molecular weight is 353 g/mol. The van der Waals surface area contributed by atoms with Crippen molar-refractivity contribution in [2.75, 3.05) is 17.2 Å². The maximum atomic E-state index is 11.9. The van der Waals surface area contributed by atoms with Gasteiger partial charge in [0.05, 0.1) is 0 Å². The predicted molar refractivity (Wildman–Crippen MR) is 91.3 cm³/mol. The fraction of sp³-hybridized carbons (Fsp3) is 0.125. The minimum atomic E-state index is -0.346. The topological polar surface area (TPSA) is 67.4 Å². The van der Waals surface area contributed by atoms with Gasteiger partial charge in [0, 0.05) is 28.3 Å². The molecular weight excluding hydrogens is 339 g/mol. The Morgan fingerprint density at radius 3 is 2.22 bits per heavy atom. The lowest BCUT2D eigenvalue weighted by atomic mass is 10.2. The number of carbonyl (C=O) groups excluding carboxylic acids is 2. The SMILES string of the molecule is CC(=O)Nc1cccc(NC(=O)COc2cc(Cl)cc(Cl)c2)c1. The van der Waals surface area contributed by atoms with Crippen molar-refractivity contribution in [2.45, 2.75) is 6.92 Å². The largest absolute Gasteiger partial charge is 0.484 e. The van der Waals surface area contributed by atoms with Crippen LogP contribution in [0, 0.1) is 0 Å². The summed E-state index contributed by atoms with van der Waals surface area (Å²) in [5.74, 6) is -0.125. The molecule has 0 radical (unpaired) electrons. The highest BCUT2D eigenvalue weighted by atomic mass is 35.5. The molecule has 0 heterocycles. The van der Waals surface area contributed by atoms with Gasteiger partial charge < -0.3 is 15.4 Å². The van der Waals surface area contributed by atoms with E-state index in [2.05, 4.69) is 10.6 Å². The zero-order valence-corrected chi connectivity index (χ0v) is 13.7. The molecule has 0 aromatic heterocycles. The summed E-state index contributed by atoms with van der Waals surface area (Å²) in [4.78, 5) is 22.9. The summed E-state index contributed by atoms with van der Waals surface area (Å²) >= 11 is 11.7. The molecule has 2 amide bonds. The molecule has 2 aromatic carbocycles. The fourth-order valence-corrected chi connectivity index (χ4v) is 2.34. The van der Waals surface area contributed by atoms with E-state index in [-0.39, 0.29) is 18.4 Å². The van der Waals surface area contributed by atoms with Crippen LogP contribution in [0.5, 0.6) is 5.75 Å². The standard InChI is InChI=1S/C16H14Cl2N2O3/c1-10(21)19-13-3-2-4-14(8-13)20-16(22)9-23-15-6-11(17)5-12(18)7-15/h2-8H,9H2,1H3,(H,19,21)(H,20,22). The van der Waals surface area contributed by atoms with Crippen molar-refractivity contribution in [2.24, 2.45) is 0 Å². The molecule has 0 aliphatic rings. The van der Waals surface area contributed by atoms with Gasteiger partial charge in [0.2, 0.25) is 5.91 Å². The number of hydrogen-bond donors (Lipinski definition) is 2. The molecule has 0 fully saturated rings. The quantitative estimate of drug-likeness (QED) is 0.855. The lowest BCUT2D eigenvalue weighted by Crippen LogP contribution is -2.20. The van der Waals surface area contributed by atoms with Gasteiger partial charge in [-0.15, -0.1) is 0 Å². The zero-order valence-electron chi connectivity index (χ0n) is 12.2. The van der Waals surface area contributed by atoms with Crippen molar-refractivity contribution in [3.05, 3.63) is 52.5 Å². The number of amides is 2. The second-order valence-electron chi connectivity index (χ2n) is 4.70. The molecule has 0 atom stereocenters. The average Bonchev–Trinajstić information content (AvgIpc) is 2.44. The van der Waals surface area contributed by atoms with Crippen LogP contribution in [0.15, 0.2) is 42.5 Å². The van der Waals surface area contributed by atoms with Gasteiger partial charge in [-0.1, -0.05) is 29.3 Å². The van der Waals surface area contributed by atoms with Crippen LogP contribution in [0.2, 0.25) is 10.0 Å². The van der Waals surface area contributed by atoms with E-state index in [9.17, 15) is 9.59 Å². The number of ether oxygens (including phenoxy) is 1. The molecule has 2 aromatic rings. The Morgan fingerprint density at radius 2 is 1.61 bits per heavy atom. The minimum Gasteiger partial charge on any atom is -0.484 e. The molecule has 0 bridgehead atoms. The molecule has 2 N–H and O–H groups in total. The first-order valence-corrected chi connectivity index (χ1v) is 7.44. The van der Waals surface area contributed by atoms with Crippen LogP contribution >= 0.6 is 23.2 Å². The van der Waals surface area contributed by atoms with Crippen molar-refractivity contribution in [3.8, 4) is 5.75 Å². The monoisotopic (exact) mass is 352 g/mol. The van der Waals surface area contributed by atoms with Crippen LogP contribution in [0.3, 0.4) is 0 Å². The molecule has 0 unspecified atom stereocenters. The van der Waals surface area contributed by atoms with Crippen molar-refractivity contribution in [3.63, 3.8) is 0 Å². The first kappa shape index (κ1) is 17.1. The summed E-state index contributed by atoms with van der Waals surface area (Å²) in [7, 11) is 0. The molecule has 7 heteroatoms. The van der Waals surface area contributed by atoms with Gasteiger partial charge in [-0.2, -0.15) is 0 Å². The molecular formula is C16H14Cl2N2O3. The third-order valence-electron chi connectivity index (χ3n) is 2.67. The van der Waals surface area contributed by atoms with Crippen LogP contribution in [-0.4, -0.2) is 18.4 Å². The van der Waals surface area contributed by atoms with E-state index in [1.54, 1.807) is 42.5 Å². The Bertz CT molecular complexity index is 715. The lowest BCUT2D eigenvalue weighted by Gasteiger charge is -2.09. The molecule has 5 nitrogen and oxygen atoms in total. The molecule has 120 valence electrons. The van der Waals surface area contributed by atoms with E-state index < -0.39 is 0 Å². The van der Waals surface area contributed by atoms with Gasteiger partial charge in [0.15, 0.2) is 6.61 Å². The first-order valence-electron chi connectivity index (χ1n) is 6.69. The normalized spacial score (nSPS) is 10.0. The van der Waals surface area contributed by atoms with Crippen LogP contribution < -0.4 is 15.4 Å². The van der Waals surface area contributed by atoms with Gasteiger partial charge in [0.1, 0.15) is 5.75 Å². The van der Waals surface area contributed by atoms with Crippen LogP contribution in [0.25, 0.3) is 0 Å². The van der Waals surface area contributed by atoms with Gasteiger partial charge >= 0.3 is 0 Å². The third kappa shape index (κ3) is 5.81. The Balaban J connectivity index is 1.93. The summed E-state index contributed by atoms with van der Waals surface area (Å²) in [6, 6.07) is 11.5. The Morgan fingerprint density at radius 1 is 1.00 bits per heavy atom. The number of nitrogens with one attached hydrogen (secondary N) is 2. The molecule has 0 saturated heterocycles. The number of carbonyl (C=O) groups is 2. The van der Waals surface area contributed by atoms with Gasteiger partial charge in [0.25, 0.3) is 5.91 Å². The minimum absolute atomic E-state index is 0.186. The summed E-state index contributed by atoms with van der Waals surface area (Å²) in [6.45, 7) is 1.22. The van der Waals surface area contributed by atoms with Crippen LogP contribution in [0.1, 0.15) is 6.92 Å². The highest BCUT2D eigenvalue weighted by Crippen LogP contribution is 2.24. The van der Waals surface area contributed by atoms with Crippen molar-refractivity contribution < 1.29 is 14.3 Å². The Labute approximate surface area is 143 Å². The number of anilines is 2. The predicted octanol–water partition coefficient (Wildman–Crippen LogP) is 3.97. The highest BCUT2D eigenvalue weighted by Gasteiger charge is 2.06. The Kier molecular flexibility index (Phi) is 5.84. The van der Waals surface area contributed by atoms with Crippen molar-refractivity contribution >= 4 is 46.4 Å². The van der Waals surface area contributed by atoms with E-state index in [0.29, 0.717) is 27.2 Å². The zero-order chi connectivity index (χ0) is 16.8. The molecule has 2 rings (SSSR count). The molecule has 0 spiro atoms. The van der Waals surface area contributed by atoms with Crippen molar-refractivity contribution in [1.29, 1.82) is 0 Å². The van der Waals surface area contributed by atoms with E-state index in [0.717, 1.165) is 0 Å². The van der Waals surface area contributed by atoms with Crippen molar-refractivity contribution in [1.82, 2.24) is 0 Å². The molecule has 0 saturated carbocycles. The van der Waals surface area contributed by atoms with Gasteiger partial charge in [-0.3, -0.25) is 9.59 Å². The number of rotatable bonds is 5. The van der Waals surface area contributed by atoms with Crippen LogP contribution in [-0.2, 0) is 9.59 Å². The van der Waals surface area contributed by atoms with Gasteiger partial charge in [-0.05, 0) is 36.4 Å². The number of halogens is 2. The van der Waals surface area contributed by atoms with E-state index >= 15 is 0 Å². The Hall–Kier alpha value is -2.24. The maximum absolute atomic E-state index is 11.9. The van der Waals surface area contributed by atoms with Gasteiger partial charge in [-0.25, -0.2) is 0 Å². The summed E-state index contributed by atoms with van der Waals surface area (Å²) in [5.41, 5.74) is 1.15. The summed E-state index contributed by atoms with van der Waals surface area (Å²) < 4.78 is 5.35. The molecule has 0 aliphatic heterocycles. The smallest absolute Gasteiger partial charge is 0.262 e. The molecule has 23 heavy (non-hydrogen) atoms. The van der Waals surface area contributed by atoms with E-state index in [1.807, 2.05) is 0 Å². The van der Waals surface area contributed by atoms with E-state index in [4.69, 9.17) is 27.9 Å². The number of benzene rings is 2. The van der Waals surface area contributed by atoms with Crippen LogP contribution in [0.4, 0.5) is 11.4 Å². The third-order valence-corrected chi connectivity index (χ3v) is 3.11. The maximum Gasteiger partial charge on any atom is 0.262 e. The second-order valence-corrected chi connectivity index (χ2v) is 5.58. The lowest BCUT2D eigenvalue weighted by molar-refractivity contribution is -0.118. The molecule has 0 aliphatic carbocycles. The summed E-state index contributed by atoms with van der Waals surface area (Å²) in [5, 5.41) is 6.17. The highest BCUT2D eigenvalue weighted by molar-refractivity contribution is 6.34. The summed E-state index contributed by atoms with van der Waals surface area (Å²) in [6.07, 6.45) is 0. The van der Waals surface area contributed by atoms with E-state index in [1.165, 1.54) is 6.92 Å². The fourth-order valence-electron chi connectivity index (χ4n) is 1.84. The first-order chi connectivity index (χ1) is 10.9. The number of hydrogen-bond acceptors (Lipinski definition) is 3.